The van der Waals surface area contributed by atoms with E-state index in [4.69, 9.17) is 5.73 Å². The highest BCUT2D eigenvalue weighted by atomic mass is 16.2. The summed E-state index contributed by atoms with van der Waals surface area (Å²) in [4.78, 5) is 23.4. The molecule has 1 fully saturated rings. The molecule has 17 heavy (non-hydrogen) atoms. The van der Waals surface area contributed by atoms with Crippen molar-refractivity contribution in [2.45, 2.75) is 58.7 Å². The van der Waals surface area contributed by atoms with E-state index in [1.165, 1.54) is 0 Å². The number of nitrogens with one attached hydrogen (secondary N) is 2. The van der Waals surface area contributed by atoms with Crippen LogP contribution in [0.3, 0.4) is 0 Å². The van der Waals surface area contributed by atoms with Crippen molar-refractivity contribution >= 4 is 11.8 Å². The summed E-state index contributed by atoms with van der Waals surface area (Å²) in [6.07, 6.45) is 2.07. The fraction of sp³-hybridized carbons (Fsp3) is 0.833. The Labute approximate surface area is 103 Å². The van der Waals surface area contributed by atoms with Gasteiger partial charge in [-0.05, 0) is 25.2 Å². The molecule has 5 heteroatoms. The van der Waals surface area contributed by atoms with Crippen LogP contribution in [0.5, 0.6) is 0 Å². The number of nitrogens with two attached hydrogens (primary N) is 1. The summed E-state index contributed by atoms with van der Waals surface area (Å²) in [7, 11) is 0. The topological polar surface area (TPSA) is 84.2 Å². The van der Waals surface area contributed by atoms with Crippen molar-refractivity contribution in [3.05, 3.63) is 0 Å². The molecular formula is C12H23N3O2. The molecule has 0 aromatic carbocycles. The molecule has 0 heterocycles. The van der Waals surface area contributed by atoms with E-state index in [0.717, 1.165) is 12.8 Å². The molecule has 98 valence electrons. The van der Waals surface area contributed by atoms with Gasteiger partial charge in [-0.1, -0.05) is 20.8 Å². The highest BCUT2D eigenvalue weighted by Crippen LogP contribution is 2.19. The zero-order valence-electron chi connectivity index (χ0n) is 11.0. The van der Waals surface area contributed by atoms with Crippen LogP contribution in [0.4, 0.5) is 0 Å². The number of amides is 2. The summed E-state index contributed by atoms with van der Waals surface area (Å²) >= 11 is 0. The van der Waals surface area contributed by atoms with Crippen molar-refractivity contribution in [2.75, 3.05) is 0 Å². The molecule has 1 aliphatic rings. The van der Waals surface area contributed by atoms with Crippen molar-refractivity contribution < 1.29 is 9.59 Å². The molecule has 1 rings (SSSR count). The second-order valence-electron chi connectivity index (χ2n) is 5.86. The molecule has 0 aliphatic heterocycles. The molecule has 0 aromatic heterocycles. The molecule has 0 spiro atoms. The molecule has 0 aromatic rings. The minimum Gasteiger partial charge on any atom is -0.352 e. The zero-order valence-corrected chi connectivity index (χ0v) is 11.0. The predicted molar refractivity (Wildman–Crippen MR) is 66.2 cm³/mol. The van der Waals surface area contributed by atoms with Gasteiger partial charge < -0.3 is 16.4 Å². The number of carbonyl (C=O) groups excluding carboxylic acids is 2. The Morgan fingerprint density at radius 3 is 2.18 bits per heavy atom. The molecule has 5 nitrogen and oxygen atoms in total. The van der Waals surface area contributed by atoms with E-state index < -0.39 is 12.1 Å². The van der Waals surface area contributed by atoms with Gasteiger partial charge in [0.2, 0.25) is 11.8 Å². The lowest BCUT2D eigenvalue weighted by atomic mass is 9.87. The molecule has 0 saturated heterocycles. The molecule has 1 saturated carbocycles. The minimum atomic E-state index is -0.612. The first-order valence-electron chi connectivity index (χ1n) is 6.08. The Bertz CT molecular complexity index is 305. The minimum absolute atomic E-state index is 0.137. The Hall–Kier alpha value is -1.10. The summed E-state index contributed by atoms with van der Waals surface area (Å²) in [5.74, 6) is -0.419. The van der Waals surface area contributed by atoms with Crippen LogP contribution in [-0.4, -0.2) is 29.9 Å². The molecule has 1 unspecified atom stereocenters. The Balaban J connectivity index is 2.41. The molecule has 0 radical (unpaired) electrons. The van der Waals surface area contributed by atoms with E-state index in [2.05, 4.69) is 10.6 Å². The first-order chi connectivity index (χ1) is 7.71. The van der Waals surface area contributed by atoms with Gasteiger partial charge >= 0.3 is 0 Å². The fourth-order valence-electron chi connectivity index (χ4n) is 1.32. The van der Waals surface area contributed by atoms with Crippen LogP contribution in [0.2, 0.25) is 0 Å². The van der Waals surface area contributed by atoms with Crippen molar-refractivity contribution in [1.29, 1.82) is 0 Å². The molecule has 2 atom stereocenters. The standard InChI is InChI=1S/C12H23N3O2/c1-7(10(16)15-8-5-6-8)14-11(17)9(13)12(2,3)4/h7-9H,5-6,13H2,1-4H3,(H,14,17)(H,15,16)/t7?,9-/m1/s1. The van der Waals surface area contributed by atoms with Crippen LogP contribution in [0, 0.1) is 5.41 Å². The van der Waals surface area contributed by atoms with Gasteiger partial charge in [0.25, 0.3) is 0 Å². The van der Waals surface area contributed by atoms with Crippen LogP contribution < -0.4 is 16.4 Å². The van der Waals surface area contributed by atoms with Gasteiger partial charge in [0, 0.05) is 6.04 Å². The lowest BCUT2D eigenvalue weighted by molar-refractivity contribution is -0.130. The average molecular weight is 241 g/mol. The van der Waals surface area contributed by atoms with Gasteiger partial charge in [-0.15, -0.1) is 0 Å². The molecule has 2 amide bonds. The van der Waals surface area contributed by atoms with Crippen LogP contribution in [0.1, 0.15) is 40.5 Å². The Morgan fingerprint density at radius 1 is 1.24 bits per heavy atom. The van der Waals surface area contributed by atoms with Gasteiger partial charge in [-0.2, -0.15) is 0 Å². The maximum absolute atomic E-state index is 11.8. The predicted octanol–water partition coefficient (Wildman–Crippen LogP) is 0.143. The number of hydrogen-bond donors (Lipinski definition) is 3. The Morgan fingerprint density at radius 2 is 1.76 bits per heavy atom. The van der Waals surface area contributed by atoms with E-state index in [1.807, 2.05) is 20.8 Å². The molecule has 0 bridgehead atoms. The third-order valence-corrected chi connectivity index (χ3v) is 2.89. The number of hydrogen-bond acceptors (Lipinski definition) is 3. The number of carbonyl (C=O) groups is 2. The van der Waals surface area contributed by atoms with E-state index in [-0.39, 0.29) is 17.2 Å². The van der Waals surface area contributed by atoms with Crippen molar-refractivity contribution in [2.24, 2.45) is 11.1 Å². The van der Waals surface area contributed by atoms with Crippen molar-refractivity contribution in [3.8, 4) is 0 Å². The van der Waals surface area contributed by atoms with E-state index in [0.29, 0.717) is 6.04 Å². The van der Waals surface area contributed by atoms with Crippen molar-refractivity contribution in [1.82, 2.24) is 10.6 Å². The average Bonchev–Trinajstić information content (AvgIpc) is 2.98. The lowest BCUT2D eigenvalue weighted by Gasteiger charge is -2.27. The van der Waals surface area contributed by atoms with Crippen LogP contribution in [0.25, 0.3) is 0 Å². The summed E-state index contributed by atoms with van der Waals surface area (Å²) in [5.41, 5.74) is 5.50. The molecular weight excluding hydrogens is 218 g/mol. The Kier molecular flexibility index (Phi) is 4.14. The number of rotatable bonds is 4. The van der Waals surface area contributed by atoms with Crippen molar-refractivity contribution in [3.63, 3.8) is 0 Å². The van der Waals surface area contributed by atoms with Gasteiger partial charge in [0.15, 0.2) is 0 Å². The molecule has 1 aliphatic carbocycles. The second-order valence-corrected chi connectivity index (χ2v) is 5.86. The van der Waals surface area contributed by atoms with Gasteiger partial charge in [0.05, 0.1) is 6.04 Å². The van der Waals surface area contributed by atoms with Gasteiger partial charge in [-0.25, -0.2) is 0 Å². The van der Waals surface area contributed by atoms with Crippen LogP contribution >= 0.6 is 0 Å². The SMILES string of the molecule is CC(NC(=O)[C@@H](N)C(C)(C)C)C(=O)NC1CC1. The lowest BCUT2D eigenvalue weighted by Crippen LogP contribution is -2.54. The smallest absolute Gasteiger partial charge is 0.242 e. The molecule has 4 N–H and O–H groups in total. The normalized spacial score (nSPS) is 19.4. The monoisotopic (exact) mass is 241 g/mol. The van der Waals surface area contributed by atoms with E-state index in [1.54, 1.807) is 6.92 Å². The highest BCUT2D eigenvalue weighted by Gasteiger charge is 2.30. The summed E-state index contributed by atoms with van der Waals surface area (Å²) in [5, 5.41) is 5.49. The highest BCUT2D eigenvalue weighted by molar-refractivity contribution is 5.89. The quantitative estimate of drug-likeness (QED) is 0.654. The van der Waals surface area contributed by atoms with E-state index in [9.17, 15) is 9.59 Å². The summed E-state index contributed by atoms with van der Waals surface area (Å²) in [6, 6.07) is -0.840. The summed E-state index contributed by atoms with van der Waals surface area (Å²) < 4.78 is 0. The van der Waals surface area contributed by atoms with Gasteiger partial charge in [-0.3, -0.25) is 9.59 Å². The van der Waals surface area contributed by atoms with E-state index >= 15 is 0 Å². The van der Waals surface area contributed by atoms with Gasteiger partial charge in [0.1, 0.15) is 6.04 Å². The first kappa shape index (κ1) is 14.0. The summed E-state index contributed by atoms with van der Waals surface area (Å²) in [6.45, 7) is 7.36. The maximum Gasteiger partial charge on any atom is 0.242 e. The zero-order chi connectivity index (χ0) is 13.2. The second kappa shape index (κ2) is 5.04. The largest absolute Gasteiger partial charge is 0.352 e. The van der Waals surface area contributed by atoms with Crippen LogP contribution in [-0.2, 0) is 9.59 Å². The fourth-order valence-corrected chi connectivity index (χ4v) is 1.32. The first-order valence-corrected chi connectivity index (χ1v) is 6.08. The third-order valence-electron chi connectivity index (χ3n) is 2.89. The van der Waals surface area contributed by atoms with Crippen LogP contribution in [0.15, 0.2) is 0 Å². The maximum atomic E-state index is 11.8. The third kappa shape index (κ3) is 4.34.